The van der Waals surface area contributed by atoms with Crippen LogP contribution in [-0.4, -0.2) is 19.1 Å². The fourth-order valence-corrected chi connectivity index (χ4v) is 3.09. The van der Waals surface area contributed by atoms with Crippen LogP contribution in [0.1, 0.15) is 23.6 Å². The number of carbonyl (C=O) groups excluding carboxylic acids is 1. The number of halogens is 1. The zero-order chi connectivity index (χ0) is 13.0. The van der Waals surface area contributed by atoms with Crippen LogP contribution in [0.2, 0.25) is 0 Å². The average molecular weight is 320 g/mol. The summed E-state index contributed by atoms with van der Waals surface area (Å²) < 4.78 is 5.91. The van der Waals surface area contributed by atoms with Crippen LogP contribution in [0.5, 0.6) is 0 Å². The predicted molar refractivity (Wildman–Crippen MR) is 74.2 cm³/mol. The first-order chi connectivity index (χ1) is 7.95. The fraction of sp³-hybridized carbons (Fsp3) is 0.583. The molecule has 0 amide bonds. The third-order valence-corrected chi connectivity index (χ3v) is 4.66. The maximum Gasteiger partial charge on any atom is 0.323 e. The SMILES string of the molecule is COC(=O)[C@@H](NCc1cc(Br)c(C)s1)C(C)C. The highest BCUT2D eigenvalue weighted by atomic mass is 79.9. The molecule has 17 heavy (non-hydrogen) atoms. The van der Waals surface area contributed by atoms with Gasteiger partial charge in [0, 0.05) is 20.8 Å². The lowest BCUT2D eigenvalue weighted by atomic mass is 10.0. The van der Waals surface area contributed by atoms with Crippen molar-refractivity contribution in [3.63, 3.8) is 0 Å². The zero-order valence-corrected chi connectivity index (χ0v) is 12.9. The smallest absolute Gasteiger partial charge is 0.323 e. The van der Waals surface area contributed by atoms with Gasteiger partial charge in [0.15, 0.2) is 0 Å². The Hall–Kier alpha value is -0.390. The Morgan fingerprint density at radius 2 is 2.24 bits per heavy atom. The van der Waals surface area contributed by atoms with E-state index in [-0.39, 0.29) is 17.9 Å². The van der Waals surface area contributed by atoms with Crippen LogP contribution in [0.4, 0.5) is 0 Å². The molecule has 3 nitrogen and oxygen atoms in total. The average Bonchev–Trinajstić information content (AvgIpc) is 2.57. The summed E-state index contributed by atoms with van der Waals surface area (Å²) in [5, 5.41) is 3.24. The van der Waals surface area contributed by atoms with Crippen molar-refractivity contribution in [3.8, 4) is 0 Å². The van der Waals surface area contributed by atoms with Crippen molar-refractivity contribution in [3.05, 3.63) is 20.3 Å². The van der Waals surface area contributed by atoms with Crippen LogP contribution in [0.3, 0.4) is 0 Å². The van der Waals surface area contributed by atoms with E-state index in [1.54, 1.807) is 11.3 Å². The minimum atomic E-state index is -0.249. The van der Waals surface area contributed by atoms with E-state index in [0.717, 1.165) is 4.47 Å². The normalized spacial score (nSPS) is 12.8. The van der Waals surface area contributed by atoms with Gasteiger partial charge >= 0.3 is 5.97 Å². The first-order valence-electron chi connectivity index (χ1n) is 5.51. The Morgan fingerprint density at radius 1 is 1.59 bits per heavy atom. The number of hydrogen-bond acceptors (Lipinski definition) is 4. The van der Waals surface area contributed by atoms with Crippen LogP contribution in [0.15, 0.2) is 10.5 Å². The van der Waals surface area contributed by atoms with Gasteiger partial charge in [-0.1, -0.05) is 13.8 Å². The highest BCUT2D eigenvalue weighted by Crippen LogP contribution is 2.26. The van der Waals surface area contributed by atoms with Gasteiger partial charge in [-0.3, -0.25) is 10.1 Å². The third kappa shape index (κ3) is 4.08. The lowest BCUT2D eigenvalue weighted by Gasteiger charge is -2.19. The molecule has 0 aromatic carbocycles. The van der Waals surface area contributed by atoms with Crippen LogP contribution in [0.25, 0.3) is 0 Å². The molecular weight excluding hydrogens is 302 g/mol. The van der Waals surface area contributed by atoms with E-state index in [1.807, 2.05) is 13.8 Å². The lowest BCUT2D eigenvalue weighted by molar-refractivity contribution is -0.144. The molecule has 0 aliphatic carbocycles. The second-order valence-corrected chi connectivity index (χ2v) is 6.44. The van der Waals surface area contributed by atoms with Crippen molar-refractivity contribution < 1.29 is 9.53 Å². The number of aryl methyl sites for hydroxylation is 1. The van der Waals surface area contributed by atoms with Crippen molar-refractivity contribution in [1.29, 1.82) is 0 Å². The molecule has 1 aromatic heterocycles. The largest absolute Gasteiger partial charge is 0.468 e. The number of carbonyl (C=O) groups is 1. The van der Waals surface area contributed by atoms with E-state index >= 15 is 0 Å². The number of thiophene rings is 1. The monoisotopic (exact) mass is 319 g/mol. The molecular formula is C12H18BrNO2S. The van der Waals surface area contributed by atoms with Crippen LogP contribution in [-0.2, 0) is 16.1 Å². The van der Waals surface area contributed by atoms with Gasteiger partial charge < -0.3 is 4.74 Å². The molecule has 0 aliphatic rings. The van der Waals surface area contributed by atoms with E-state index < -0.39 is 0 Å². The summed E-state index contributed by atoms with van der Waals surface area (Å²) >= 11 is 5.21. The van der Waals surface area contributed by atoms with Gasteiger partial charge in [0.1, 0.15) is 6.04 Å². The Morgan fingerprint density at radius 3 is 2.65 bits per heavy atom. The predicted octanol–water partition coefficient (Wildman–Crippen LogP) is 3.11. The third-order valence-electron chi connectivity index (χ3n) is 2.53. The van der Waals surface area contributed by atoms with E-state index in [4.69, 9.17) is 4.74 Å². The van der Waals surface area contributed by atoms with Gasteiger partial charge in [-0.15, -0.1) is 11.3 Å². The molecule has 0 radical (unpaired) electrons. The van der Waals surface area contributed by atoms with Crippen molar-refractivity contribution in [2.45, 2.75) is 33.4 Å². The fourth-order valence-electron chi connectivity index (χ4n) is 1.53. The number of methoxy groups -OCH3 is 1. The van der Waals surface area contributed by atoms with Crippen molar-refractivity contribution >= 4 is 33.2 Å². The molecule has 1 atom stereocenters. The summed E-state index contributed by atoms with van der Waals surface area (Å²) in [4.78, 5) is 14.0. The number of nitrogens with one attached hydrogen (secondary N) is 1. The standard InChI is InChI=1S/C12H18BrNO2S/c1-7(2)11(12(15)16-4)14-6-9-5-10(13)8(3)17-9/h5,7,11,14H,6H2,1-4H3/t11-/m0/s1. The van der Waals surface area contributed by atoms with Crippen LogP contribution in [0, 0.1) is 12.8 Å². The molecule has 0 aliphatic heterocycles. The van der Waals surface area contributed by atoms with Gasteiger partial charge in [-0.25, -0.2) is 0 Å². The van der Waals surface area contributed by atoms with E-state index in [2.05, 4.69) is 34.2 Å². The molecule has 1 N–H and O–H groups in total. The molecule has 0 fully saturated rings. The Kier molecular flexibility index (Phi) is 5.62. The van der Waals surface area contributed by atoms with E-state index in [1.165, 1.54) is 16.9 Å². The summed E-state index contributed by atoms with van der Waals surface area (Å²) in [7, 11) is 1.42. The summed E-state index contributed by atoms with van der Waals surface area (Å²) in [6, 6.07) is 1.84. The quantitative estimate of drug-likeness (QED) is 0.847. The number of rotatable bonds is 5. The zero-order valence-electron chi connectivity index (χ0n) is 10.5. The first-order valence-corrected chi connectivity index (χ1v) is 7.12. The highest BCUT2D eigenvalue weighted by Gasteiger charge is 2.22. The van der Waals surface area contributed by atoms with Gasteiger partial charge in [-0.05, 0) is 34.8 Å². The van der Waals surface area contributed by atoms with Crippen LogP contribution >= 0.6 is 27.3 Å². The Labute approximate surface area is 115 Å². The summed E-state index contributed by atoms with van der Waals surface area (Å²) in [5.74, 6) is 0.0132. The number of esters is 1. The summed E-state index contributed by atoms with van der Waals surface area (Å²) in [5.41, 5.74) is 0. The minimum Gasteiger partial charge on any atom is -0.468 e. The van der Waals surface area contributed by atoms with Gasteiger partial charge in [0.2, 0.25) is 0 Å². The van der Waals surface area contributed by atoms with Crippen molar-refractivity contribution in [2.24, 2.45) is 5.92 Å². The molecule has 0 saturated heterocycles. The molecule has 5 heteroatoms. The van der Waals surface area contributed by atoms with E-state index in [9.17, 15) is 4.79 Å². The Balaban J connectivity index is 2.61. The summed E-state index contributed by atoms with van der Waals surface area (Å²) in [6.45, 7) is 6.77. The first kappa shape index (κ1) is 14.7. The van der Waals surface area contributed by atoms with Gasteiger partial charge in [0.05, 0.1) is 7.11 Å². The second kappa shape index (κ2) is 6.52. The van der Waals surface area contributed by atoms with Crippen molar-refractivity contribution in [2.75, 3.05) is 7.11 Å². The molecule has 1 aromatic rings. The molecule has 0 spiro atoms. The molecule has 1 rings (SSSR count). The maximum absolute atomic E-state index is 11.6. The lowest BCUT2D eigenvalue weighted by Crippen LogP contribution is -2.41. The van der Waals surface area contributed by atoms with Gasteiger partial charge in [-0.2, -0.15) is 0 Å². The molecule has 0 bridgehead atoms. The van der Waals surface area contributed by atoms with Crippen molar-refractivity contribution in [1.82, 2.24) is 5.32 Å². The second-order valence-electron chi connectivity index (χ2n) is 4.24. The number of hydrogen-bond donors (Lipinski definition) is 1. The molecule has 96 valence electrons. The maximum atomic E-state index is 11.6. The number of ether oxygens (including phenoxy) is 1. The highest BCUT2D eigenvalue weighted by molar-refractivity contribution is 9.10. The van der Waals surface area contributed by atoms with Gasteiger partial charge in [0.25, 0.3) is 0 Å². The van der Waals surface area contributed by atoms with Crippen LogP contribution < -0.4 is 5.32 Å². The Bertz CT molecular complexity index is 370. The topological polar surface area (TPSA) is 38.3 Å². The molecule has 1 heterocycles. The molecule has 0 saturated carbocycles. The summed E-state index contributed by atoms with van der Waals surface area (Å²) in [6.07, 6.45) is 0. The molecule has 0 unspecified atom stereocenters. The van der Waals surface area contributed by atoms with E-state index in [0.29, 0.717) is 6.54 Å². The minimum absolute atomic E-state index is 0.202.